The summed E-state index contributed by atoms with van der Waals surface area (Å²) in [6.45, 7) is 13.0. The van der Waals surface area contributed by atoms with Crippen LogP contribution >= 0.6 is 21.5 Å². The Kier molecular flexibility index (Phi) is 5.72. The van der Waals surface area contributed by atoms with E-state index in [2.05, 4.69) is 41.5 Å². The van der Waals surface area contributed by atoms with Crippen molar-refractivity contribution in [2.24, 2.45) is 0 Å². The monoisotopic (exact) mass is 288 g/mol. The van der Waals surface area contributed by atoms with Crippen molar-refractivity contribution >= 4 is 21.5 Å². The lowest BCUT2D eigenvalue weighted by Crippen LogP contribution is -2.19. The lowest BCUT2D eigenvalue weighted by molar-refractivity contribution is 0.381. The topological polar surface area (TPSA) is 9.23 Å². The van der Waals surface area contributed by atoms with Gasteiger partial charge in [0.15, 0.2) is 0 Å². The van der Waals surface area contributed by atoms with Crippen molar-refractivity contribution < 1.29 is 4.74 Å². The zero-order chi connectivity index (χ0) is 13.4. The Morgan fingerprint density at radius 2 is 1.22 bits per heavy atom. The maximum atomic E-state index is 6.24. The van der Waals surface area contributed by atoms with Gasteiger partial charge in [-0.1, -0.05) is 53.1 Å². The first-order valence-electron chi connectivity index (χ1n) is 5.96. The highest BCUT2D eigenvalue weighted by Crippen LogP contribution is 2.41. The second-order valence-electron chi connectivity index (χ2n) is 6.53. The quantitative estimate of drug-likeness (QED) is 0.661. The zero-order valence-electron chi connectivity index (χ0n) is 12.6. The number of rotatable bonds is 1. The molecule has 1 aromatic rings. The van der Waals surface area contributed by atoms with E-state index in [0.717, 1.165) is 21.9 Å². The number of hydrogen-bond acceptors (Lipinski definition) is 1. The molecule has 1 atom stereocenters. The van der Waals surface area contributed by atoms with Gasteiger partial charge in [0.1, 0.15) is 5.75 Å². The summed E-state index contributed by atoms with van der Waals surface area (Å²) in [5, 5.41) is 0.778. The number of halogens is 1. The molecule has 1 unspecified atom stereocenters. The minimum Gasteiger partial charge on any atom is -0.496 e. The molecule has 0 saturated heterocycles. The van der Waals surface area contributed by atoms with Gasteiger partial charge in [-0.25, -0.2) is 0 Å². The van der Waals surface area contributed by atoms with Gasteiger partial charge in [-0.2, -0.15) is 9.90 Å². The van der Waals surface area contributed by atoms with Gasteiger partial charge < -0.3 is 4.74 Å². The van der Waals surface area contributed by atoms with Crippen LogP contribution in [-0.2, 0) is 10.8 Å². The fourth-order valence-corrected chi connectivity index (χ4v) is 2.15. The van der Waals surface area contributed by atoms with Crippen LogP contribution in [0.2, 0.25) is 5.02 Å². The molecule has 1 aromatic carbocycles. The summed E-state index contributed by atoms with van der Waals surface area (Å²) in [5.74, 6) is 0.967. The molecule has 0 radical (unpaired) electrons. The largest absolute Gasteiger partial charge is 0.496 e. The van der Waals surface area contributed by atoms with Crippen molar-refractivity contribution in [3.63, 3.8) is 0 Å². The predicted octanol–water partition coefficient (Wildman–Crippen LogP) is 5.00. The fourth-order valence-electron chi connectivity index (χ4n) is 1.93. The smallest absolute Gasteiger partial charge is 0.126 e. The predicted molar refractivity (Wildman–Crippen MR) is 86.5 cm³/mol. The number of hydrogen-bond donors (Lipinski definition) is 0. The summed E-state index contributed by atoms with van der Waals surface area (Å²) < 4.78 is 5.63. The average molecular weight is 289 g/mol. The van der Waals surface area contributed by atoms with Crippen LogP contribution in [0.5, 0.6) is 5.75 Å². The molecule has 1 nitrogen and oxygen atoms in total. The van der Waals surface area contributed by atoms with Crippen LogP contribution in [0.15, 0.2) is 12.1 Å². The summed E-state index contributed by atoms with van der Waals surface area (Å²) >= 11 is 6.24. The Hall–Kier alpha value is -0.260. The van der Waals surface area contributed by atoms with Crippen molar-refractivity contribution in [3.05, 3.63) is 28.3 Å². The zero-order valence-corrected chi connectivity index (χ0v) is 14.8. The molecule has 0 saturated carbocycles. The highest BCUT2D eigenvalue weighted by molar-refractivity contribution is 6.92. The molecule has 0 spiro atoms. The van der Waals surface area contributed by atoms with E-state index >= 15 is 0 Å². The third-order valence-corrected chi connectivity index (χ3v) is 3.09. The van der Waals surface area contributed by atoms with E-state index in [-0.39, 0.29) is 20.7 Å². The summed E-state index contributed by atoms with van der Waals surface area (Å²) in [6.07, 6.45) is 0. The van der Waals surface area contributed by atoms with Gasteiger partial charge in [0.25, 0.3) is 0 Å². The normalized spacial score (nSPS) is 12.0. The Morgan fingerprint density at radius 1 is 0.889 bits per heavy atom. The first-order valence-corrected chi connectivity index (χ1v) is 6.33. The molecule has 0 heterocycles. The molecule has 0 aromatic heterocycles. The minimum atomic E-state index is 0. The second-order valence-corrected chi connectivity index (χ2v) is 6.97. The Morgan fingerprint density at radius 3 is 1.44 bits per heavy atom. The average Bonchev–Trinajstić information content (AvgIpc) is 2.13. The number of methoxy groups -OCH3 is 1. The van der Waals surface area contributed by atoms with Gasteiger partial charge in [-0.15, -0.1) is 0 Å². The standard InChI is InChI=1S/C15H23ClO.H3P/c1-14(2,3)11-8-10(16)9-12(13(11)17-7)15(4,5)6;/h8-9H,1-7H3;1H3. The van der Waals surface area contributed by atoms with E-state index in [1.165, 1.54) is 0 Å². The molecule has 0 aliphatic rings. The molecule has 0 N–H and O–H groups in total. The van der Waals surface area contributed by atoms with Gasteiger partial charge in [0.2, 0.25) is 0 Å². The highest BCUT2D eigenvalue weighted by atomic mass is 35.5. The first-order chi connectivity index (χ1) is 7.57. The van der Waals surface area contributed by atoms with Crippen LogP contribution in [0, 0.1) is 0 Å². The Bertz CT molecular complexity index is 378. The Labute approximate surface area is 120 Å². The van der Waals surface area contributed by atoms with Crippen LogP contribution in [0.25, 0.3) is 0 Å². The van der Waals surface area contributed by atoms with Gasteiger partial charge in [-0.3, -0.25) is 0 Å². The van der Waals surface area contributed by atoms with Crippen LogP contribution in [-0.4, -0.2) is 7.11 Å². The van der Waals surface area contributed by atoms with Crippen molar-refractivity contribution in [3.8, 4) is 5.75 Å². The SMILES string of the molecule is COc1c(C(C)(C)C)cc(Cl)cc1C(C)(C)C.P. The molecule has 0 bridgehead atoms. The maximum Gasteiger partial charge on any atom is 0.126 e. The summed E-state index contributed by atoms with van der Waals surface area (Å²) in [5.41, 5.74) is 2.38. The Balaban J connectivity index is 0.00000289. The molecule has 0 amide bonds. The molecular weight excluding hydrogens is 263 g/mol. The van der Waals surface area contributed by atoms with Crippen molar-refractivity contribution in [2.75, 3.05) is 7.11 Å². The van der Waals surface area contributed by atoms with Crippen LogP contribution in [0.4, 0.5) is 0 Å². The molecule has 0 aliphatic carbocycles. The third kappa shape index (κ3) is 3.87. The van der Waals surface area contributed by atoms with Crippen molar-refractivity contribution in [1.82, 2.24) is 0 Å². The molecule has 0 aliphatic heterocycles. The van der Waals surface area contributed by atoms with Crippen molar-refractivity contribution in [1.29, 1.82) is 0 Å². The van der Waals surface area contributed by atoms with Crippen LogP contribution in [0.1, 0.15) is 52.7 Å². The van der Waals surface area contributed by atoms with E-state index in [9.17, 15) is 0 Å². The lowest BCUT2D eigenvalue weighted by Gasteiger charge is -2.29. The van der Waals surface area contributed by atoms with Crippen LogP contribution in [0.3, 0.4) is 0 Å². The summed E-state index contributed by atoms with van der Waals surface area (Å²) in [4.78, 5) is 0. The molecule has 3 heteroatoms. The summed E-state index contributed by atoms with van der Waals surface area (Å²) in [6, 6.07) is 4.02. The van der Waals surface area contributed by atoms with Gasteiger partial charge >= 0.3 is 0 Å². The van der Waals surface area contributed by atoms with Gasteiger partial charge in [0.05, 0.1) is 7.11 Å². The fraction of sp³-hybridized carbons (Fsp3) is 0.600. The third-order valence-electron chi connectivity index (χ3n) is 2.87. The van der Waals surface area contributed by atoms with Gasteiger partial charge in [0, 0.05) is 16.1 Å². The number of ether oxygens (including phenoxy) is 1. The molecular formula is C15H26ClOP. The molecule has 1 rings (SSSR count). The van der Waals surface area contributed by atoms with E-state index in [0.29, 0.717) is 0 Å². The molecule has 18 heavy (non-hydrogen) atoms. The first kappa shape index (κ1) is 17.7. The van der Waals surface area contributed by atoms with Crippen molar-refractivity contribution in [2.45, 2.75) is 52.4 Å². The van der Waals surface area contributed by atoms with Crippen LogP contribution < -0.4 is 4.74 Å². The van der Waals surface area contributed by atoms with E-state index in [1.807, 2.05) is 12.1 Å². The highest BCUT2D eigenvalue weighted by Gasteiger charge is 2.27. The molecule has 0 fully saturated rings. The lowest BCUT2D eigenvalue weighted by atomic mass is 9.79. The number of benzene rings is 1. The summed E-state index contributed by atoms with van der Waals surface area (Å²) in [7, 11) is 1.73. The van der Waals surface area contributed by atoms with E-state index in [4.69, 9.17) is 16.3 Å². The minimum absolute atomic E-state index is 0. The van der Waals surface area contributed by atoms with E-state index < -0.39 is 0 Å². The maximum absolute atomic E-state index is 6.24. The van der Waals surface area contributed by atoms with E-state index in [1.54, 1.807) is 7.11 Å². The second kappa shape index (κ2) is 5.80. The van der Waals surface area contributed by atoms with Gasteiger partial charge in [-0.05, 0) is 23.0 Å². The molecule has 104 valence electrons.